The van der Waals surface area contributed by atoms with Crippen LogP contribution in [0.4, 0.5) is 5.69 Å². The van der Waals surface area contributed by atoms with E-state index in [9.17, 15) is 18.0 Å². The van der Waals surface area contributed by atoms with Crippen LogP contribution < -0.4 is 15.8 Å². The molecule has 0 fully saturated rings. The summed E-state index contributed by atoms with van der Waals surface area (Å²) in [5.74, 6) is 0.802. The van der Waals surface area contributed by atoms with E-state index in [1.807, 2.05) is 25.1 Å². The Bertz CT molecular complexity index is 1790. The Morgan fingerprint density at radius 3 is 2.45 bits per heavy atom. The minimum atomic E-state index is -4.10. The highest BCUT2D eigenvalue weighted by Crippen LogP contribution is 2.32. The molecule has 0 bridgehead atoms. The lowest BCUT2D eigenvalue weighted by atomic mass is 10.0. The van der Waals surface area contributed by atoms with Crippen molar-refractivity contribution in [1.82, 2.24) is 24.9 Å². The monoisotopic (exact) mass is 482 g/mol. The number of aryl methyl sites for hydroxylation is 1. The van der Waals surface area contributed by atoms with E-state index in [-0.39, 0.29) is 21.9 Å². The van der Waals surface area contributed by atoms with Crippen LogP contribution in [0.3, 0.4) is 0 Å². The Morgan fingerprint density at radius 2 is 1.67 bits per heavy atom. The second-order valence-corrected chi connectivity index (χ2v) is 9.34. The van der Waals surface area contributed by atoms with Crippen molar-refractivity contribution in [2.45, 2.75) is 11.9 Å². The average Bonchev–Trinajstić information content (AvgIpc) is 3.13. The fraction of sp³-hybridized carbons (Fsp3) is 0.0476. The minimum Gasteiger partial charge on any atom is -0.342 e. The fourth-order valence-corrected chi connectivity index (χ4v) is 4.75. The highest BCUT2D eigenvalue weighted by atomic mass is 35.5. The SMILES string of the molecule is Cc1nc2ccc(-c3ccc(NS(=O)(=O)c4ccc5[nH]c(=O)c(=O)[nH]c5n4)cc3Cl)cc2[nH]1. The molecule has 0 aliphatic carbocycles. The Balaban J connectivity index is 1.46. The van der Waals surface area contributed by atoms with Gasteiger partial charge in [0.2, 0.25) is 0 Å². The van der Waals surface area contributed by atoms with Gasteiger partial charge in [0.15, 0.2) is 10.7 Å². The van der Waals surface area contributed by atoms with Gasteiger partial charge < -0.3 is 15.0 Å². The van der Waals surface area contributed by atoms with Crippen molar-refractivity contribution in [2.24, 2.45) is 0 Å². The predicted octanol–water partition coefficient (Wildman–Crippen LogP) is 2.92. The lowest BCUT2D eigenvalue weighted by Gasteiger charge is -2.11. The number of aromatic nitrogens is 5. The molecule has 0 amide bonds. The number of fused-ring (bicyclic) bond motifs is 2. The van der Waals surface area contributed by atoms with Crippen LogP contribution >= 0.6 is 11.6 Å². The van der Waals surface area contributed by atoms with Crippen molar-refractivity contribution in [3.8, 4) is 11.1 Å². The maximum atomic E-state index is 12.8. The molecule has 4 N–H and O–H groups in total. The normalized spacial score (nSPS) is 11.8. The third-order valence-corrected chi connectivity index (χ3v) is 6.56. The molecule has 0 aliphatic heterocycles. The number of H-pyrrole nitrogens is 3. The van der Waals surface area contributed by atoms with Crippen LogP contribution in [-0.4, -0.2) is 33.3 Å². The molecule has 0 saturated heterocycles. The molecule has 0 spiro atoms. The largest absolute Gasteiger partial charge is 0.342 e. The van der Waals surface area contributed by atoms with Gasteiger partial charge in [-0.25, -0.2) is 9.97 Å². The maximum Gasteiger partial charge on any atom is 0.315 e. The molecule has 166 valence electrons. The van der Waals surface area contributed by atoms with E-state index < -0.39 is 21.1 Å². The standard InChI is InChI=1S/C21H15ClN6O4S/c1-10-23-15-5-2-11(8-17(15)24-10)13-4-3-12(9-14(13)22)28-33(31,32)18-7-6-16-19(26-18)27-21(30)20(29)25-16/h2-9,28H,1H3,(H,23,24)(H,25,29)(H,26,27,30). The summed E-state index contributed by atoms with van der Waals surface area (Å²) in [6.45, 7) is 1.87. The lowest BCUT2D eigenvalue weighted by Crippen LogP contribution is -2.29. The van der Waals surface area contributed by atoms with Crippen LogP contribution in [0.1, 0.15) is 5.82 Å². The lowest BCUT2D eigenvalue weighted by molar-refractivity contribution is 0.598. The van der Waals surface area contributed by atoms with Crippen LogP contribution in [0, 0.1) is 6.92 Å². The summed E-state index contributed by atoms with van der Waals surface area (Å²) in [6.07, 6.45) is 0. The molecular weight excluding hydrogens is 468 g/mol. The number of rotatable bonds is 4. The van der Waals surface area contributed by atoms with Crippen molar-refractivity contribution in [1.29, 1.82) is 0 Å². The van der Waals surface area contributed by atoms with E-state index >= 15 is 0 Å². The summed E-state index contributed by atoms with van der Waals surface area (Å²) in [4.78, 5) is 39.0. The zero-order valence-electron chi connectivity index (χ0n) is 16.9. The third-order valence-electron chi connectivity index (χ3n) is 4.96. The number of anilines is 1. The van der Waals surface area contributed by atoms with Crippen LogP contribution in [-0.2, 0) is 10.0 Å². The van der Waals surface area contributed by atoms with Crippen molar-refractivity contribution in [2.75, 3.05) is 4.72 Å². The number of imidazole rings is 1. The van der Waals surface area contributed by atoms with Gasteiger partial charge in [-0.05, 0) is 48.9 Å². The van der Waals surface area contributed by atoms with Gasteiger partial charge in [-0.1, -0.05) is 23.7 Å². The highest BCUT2D eigenvalue weighted by molar-refractivity contribution is 7.92. The first-order valence-electron chi connectivity index (χ1n) is 9.62. The quantitative estimate of drug-likeness (QED) is 0.289. The van der Waals surface area contributed by atoms with Gasteiger partial charge in [-0.15, -0.1) is 0 Å². The Hall–Kier alpha value is -3.96. The zero-order valence-corrected chi connectivity index (χ0v) is 18.5. The summed E-state index contributed by atoms with van der Waals surface area (Å²) in [7, 11) is -4.10. The molecule has 0 radical (unpaired) electrons. The van der Waals surface area contributed by atoms with Crippen molar-refractivity contribution in [3.63, 3.8) is 0 Å². The molecule has 0 unspecified atom stereocenters. The topological polar surface area (TPSA) is 153 Å². The molecule has 0 aliphatic rings. The maximum absolute atomic E-state index is 12.8. The molecule has 3 heterocycles. The van der Waals surface area contributed by atoms with Crippen molar-refractivity contribution < 1.29 is 8.42 Å². The van der Waals surface area contributed by atoms with E-state index in [1.165, 1.54) is 18.2 Å². The summed E-state index contributed by atoms with van der Waals surface area (Å²) in [5, 5.41) is 0.0112. The van der Waals surface area contributed by atoms with Crippen LogP contribution in [0.15, 0.2) is 63.1 Å². The summed E-state index contributed by atoms with van der Waals surface area (Å²) < 4.78 is 28.1. The van der Waals surface area contributed by atoms with Gasteiger partial charge in [0.25, 0.3) is 10.0 Å². The molecule has 3 aromatic heterocycles. The van der Waals surface area contributed by atoms with E-state index in [2.05, 4.69) is 29.6 Å². The summed E-state index contributed by atoms with van der Waals surface area (Å²) in [6, 6.07) is 13.0. The summed E-state index contributed by atoms with van der Waals surface area (Å²) >= 11 is 6.46. The van der Waals surface area contributed by atoms with Crippen molar-refractivity contribution >= 4 is 49.5 Å². The van der Waals surface area contributed by atoms with Crippen LogP contribution in [0.2, 0.25) is 5.02 Å². The predicted molar refractivity (Wildman–Crippen MR) is 125 cm³/mol. The second kappa shape index (κ2) is 7.57. The fourth-order valence-electron chi connectivity index (χ4n) is 3.46. The molecule has 10 nitrogen and oxygen atoms in total. The van der Waals surface area contributed by atoms with Gasteiger partial charge in [0.1, 0.15) is 5.82 Å². The Morgan fingerprint density at radius 1 is 0.879 bits per heavy atom. The summed E-state index contributed by atoms with van der Waals surface area (Å²) in [5.41, 5.74) is 1.88. The first kappa shape index (κ1) is 20.9. The van der Waals surface area contributed by atoms with Crippen LogP contribution in [0.25, 0.3) is 33.3 Å². The number of aromatic amines is 3. The molecule has 33 heavy (non-hydrogen) atoms. The van der Waals surface area contributed by atoms with E-state index in [1.54, 1.807) is 12.1 Å². The first-order valence-corrected chi connectivity index (χ1v) is 11.5. The van der Waals surface area contributed by atoms with E-state index in [0.29, 0.717) is 5.02 Å². The Kier molecular flexibility index (Phi) is 4.80. The number of nitrogens with one attached hydrogen (secondary N) is 4. The number of sulfonamides is 1. The van der Waals surface area contributed by atoms with Gasteiger partial charge in [-0.2, -0.15) is 8.42 Å². The zero-order chi connectivity index (χ0) is 23.3. The smallest absolute Gasteiger partial charge is 0.315 e. The van der Waals surface area contributed by atoms with Gasteiger partial charge in [-0.3, -0.25) is 14.3 Å². The van der Waals surface area contributed by atoms with Crippen LogP contribution in [0.5, 0.6) is 0 Å². The second-order valence-electron chi connectivity index (χ2n) is 7.31. The average molecular weight is 483 g/mol. The number of pyridine rings is 1. The number of nitrogens with zero attached hydrogens (tertiary/aromatic N) is 2. The van der Waals surface area contributed by atoms with E-state index in [4.69, 9.17) is 11.6 Å². The van der Waals surface area contributed by atoms with Gasteiger partial charge >= 0.3 is 11.1 Å². The molecule has 5 aromatic rings. The van der Waals surface area contributed by atoms with Crippen molar-refractivity contribution in [3.05, 3.63) is 80.1 Å². The number of hydrogen-bond acceptors (Lipinski definition) is 6. The number of hydrogen-bond donors (Lipinski definition) is 4. The molecule has 12 heteroatoms. The molecule has 5 rings (SSSR count). The number of benzene rings is 2. The van der Waals surface area contributed by atoms with E-state index in [0.717, 1.165) is 28.0 Å². The third kappa shape index (κ3) is 3.88. The van der Waals surface area contributed by atoms with Gasteiger partial charge in [0.05, 0.1) is 27.3 Å². The molecule has 2 aromatic carbocycles. The molecular formula is C21H15ClN6O4S. The Labute approximate surface area is 190 Å². The molecule has 0 atom stereocenters. The first-order chi connectivity index (χ1) is 15.7. The minimum absolute atomic E-state index is 0.0553. The number of halogens is 1. The molecule has 0 saturated carbocycles. The van der Waals surface area contributed by atoms with Gasteiger partial charge in [0, 0.05) is 5.56 Å². The highest BCUT2D eigenvalue weighted by Gasteiger charge is 2.18.